The van der Waals surface area contributed by atoms with Gasteiger partial charge in [-0.05, 0) is 11.6 Å². The zero-order chi connectivity index (χ0) is 19.3. The Morgan fingerprint density at radius 1 is 1.04 bits per heavy atom. The van der Waals surface area contributed by atoms with Crippen LogP contribution in [-0.2, 0) is 9.53 Å². The van der Waals surface area contributed by atoms with E-state index in [1.165, 1.54) is 0 Å². The number of Topliss-reactive ketones (excluding diaryl/α,β-unsaturated/α-hetero) is 1. The molecule has 144 valence electrons. The van der Waals surface area contributed by atoms with Crippen molar-refractivity contribution in [2.45, 2.75) is 6.04 Å². The zero-order valence-electron chi connectivity index (χ0n) is 15.6. The summed E-state index contributed by atoms with van der Waals surface area (Å²) < 4.78 is 5.41. The van der Waals surface area contributed by atoms with E-state index < -0.39 is 11.7 Å². The highest BCUT2D eigenvalue weighted by Gasteiger charge is 2.25. The summed E-state index contributed by atoms with van der Waals surface area (Å²) in [5.41, 5.74) is 2.21. The van der Waals surface area contributed by atoms with E-state index in [0.717, 1.165) is 29.6 Å². The largest absolute Gasteiger partial charge is 0.379 e. The predicted molar refractivity (Wildman–Crippen MR) is 107 cm³/mol. The Labute approximate surface area is 163 Å². The van der Waals surface area contributed by atoms with Crippen molar-refractivity contribution in [3.63, 3.8) is 0 Å². The molecular weight excluding hydrogens is 354 g/mol. The van der Waals surface area contributed by atoms with Crippen LogP contribution in [0.15, 0.2) is 60.8 Å². The third-order valence-electron chi connectivity index (χ3n) is 5.09. The van der Waals surface area contributed by atoms with Crippen molar-refractivity contribution in [3.8, 4) is 0 Å². The first-order valence-corrected chi connectivity index (χ1v) is 9.49. The van der Waals surface area contributed by atoms with Gasteiger partial charge in [0, 0.05) is 36.7 Å². The highest BCUT2D eigenvalue weighted by molar-refractivity contribution is 6.45. The van der Waals surface area contributed by atoms with E-state index >= 15 is 0 Å². The number of fused-ring (bicyclic) bond motifs is 1. The first kappa shape index (κ1) is 18.4. The van der Waals surface area contributed by atoms with Crippen molar-refractivity contribution < 1.29 is 14.3 Å². The third-order valence-corrected chi connectivity index (χ3v) is 5.09. The van der Waals surface area contributed by atoms with E-state index in [-0.39, 0.29) is 6.04 Å². The van der Waals surface area contributed by atoms with Crippen molar-refractivity contribution in [2.24, 2.45) is 0 Å². The van der Waals surface area contributed by atoms with Crippen LogP contribution in [-0.4, -0.2) is 54.4 Å². The van der Waals surface area contributed by atoms with Crippen molar-refractivity contribution in [1.29, 1.82) is 0 Å². The summed E-state index contributed by atoms with van der Waals surface area (Å²) in [5.74, 6) is -1.12. The maximum atomic E-state index is 12.8. The van der Waals surface area contributed by atoms with Gasteiger partial charge >= 0.3 is 0 Å². The molecule has 1 saturated heterocycles. The SMILES string of the molecule is O=C(NC(CN1CCOCC1)c1ccccc1)C(=O)c1c[nH]c2ccccc12. The Balaban J connectivity index is 1.53. The topological polar surface area (TPSA) is 74.4 Å². The van der Waals surface area contributed by atoms with Crippen molar-refractivity contribution >= 4 is 22.6 Å². The van der Waals surface area contributed by atoms with Gasteiger partial charge in [0.05, 0.1) is 24.8 Å². The number of nitrogens with zero attached hydrogens (tertiary/aromatic N) is 1. The number of morpholine rings is 1. The Hall–Kier alpha value is -2.96. The fourth-order valence-electron chi connectivity index (χ4n) is 3.57. The van der Waals surface area contributed by atoms with E-state index in [1.54, 1.807) is 6.20 Å². The number of H-pyrrole nitrogens is 1. The molecule has 2 heterocycles. The monoisotopic (exact) mass is 377 g/mol. The van der Waals surface area contributed by atoms with Gasteiger partial charge in [-0.15, -0.1) is 0 Å². The van der Waals surface area contributed by atoms with Crippen LogP contribution in [0.25, 0.3) is 10.9 Å². The molecule has 1 unspecified atom stereocenters. The van der Waals surface area contributed by atoms with Crippen LogP contribution in [0.5, 0.6) is 0 Å². The number of hydrogen-bond acceptors (Lipinski definition) is 4. The zero-order valence-corrected chi connectivity index (χ0v) is 15.6. The van der Waals surface area contributed by atoms with Crippen LogP contribution in [0.4, 0.5) is 0 Å². The minimum Gasteiger partial charge on any atom is -0.379 e. The van der Waals surface area contributed by atoms with Crippen molar-refractivity contribution in [1.82, 2.24) is 15.2 Å². The van der Waals surface area contributed by atoms with Gasteiger partial charge < -0.3 is 15.0 Å². The Bertz CT molecular complexity index is 961. The highest BCUT2D eigenvalue weighted by Crippen LogP contribution is 2.20. The highest BCUT2D eigenvalue weighted by atomic mass is 16.5. The minimum absolute atomic E-state index is 0.263. The van der Waals surface area contributed by atoms with Gasteiger partial charge in [-0.25, -0.2) is 0 Å². The lowest BCUT2D eigenvalue weighted by Crippen LogP contribution is -2.44. The number of ketones is 1. The molecular formula is C22H23N3O3. The molecule has 0 bridgehead atoms. The maximum absolute atomic E-state index is 12.8. The normalized spacial score (nSPS) is 16.0. The van der Waals surface area contributed by atoms with Gasteiger partial charge in [0.1, 0.15) is 0 Å². The fraction of sp³-hybridized carbons (Fsp3) is 0.273. The summed E-state index contributed by atoms with van der Waals surface area (Å²) in [5, 5.41) is 3.71. The molecule has 0 saturated carbocycles. The van der Waals surface area contributed by atoms with Crippen LogP contribution in [0.3, 0.4) is 0 Å². The number of para-hydroxylation sites is 1. The van der Waals surface area contributed by atoms with Crippen molar-refractivity contribution in [2.75, 3.05) is 32.8 Å². The van der Waals surface area contributed by atoms with E-state index in [9.17, 15) is 9.59 Å². The van der Waals surface area contributed by atoms with Gasteiger partial charge in [0.25, 0.3) is 11.7 Å². The predicted octanol–water partition coefficient (Wildman–Crippen LogP) is 2.54. The lowest BCUT2D eigenvalue weighted by Gasteiger charge is -2.31. The number of carbonyl (C=O) groups excluding carboxylic acids is 2. The Morgan fingerprint density at radius 2 is 1.75 bits per heavy atom. The average molecular weight is 377 g/mol. The molecule has 0 spiro atoms. The summed E-state index contributed by atoms with van der Waals surface area (Å²) >= 11 is 0. The molecule has 2 N–H and O–H groups in total. The second-order valence-electron chi connectivity index (χ2n) is 6.93. The number of ether oxygens (including phenoxy) is 1. The lowest BCUT2D eigenvalue weighted by molar-refractivity contribution is -0.117. The maximum Gasteiger partial charge on any atom is 0.293 e. The van der Waals surface area contributed by atoms with E-state index in [0.29, 0.717) is 25.3 Å². The lowest BCUT2D eigenvalue weighted by atomic mass is 10.0. The van der Waals surface area contributed by atoms with Crippen LogP contribution < -0.4 is 5.32 Å². The summed E-state index contributed by atoms with van der Waals surface area (Å²) in [6, 6.07) is 17.0. The molecule has 2 aromatic carbocycles. The van der Waals surface area contributed by atoms with E-state index in [1.807, 2.05) is 54.6 Å². The van der Waals surface area contributed by atoms with Crippen LogP contribution in [0.2, 0.25) is 0 Å². The van der Waals surface area contributed by atoms with Crippen LogP contribution >= 0.6 is 0 Å². The summed E-state index contributed by atoms with van der Waals surface area (Å²) in [4.78, 5) is 30.9. The number of aromatic nitrogens is 1. The van der Waals surface area contributed by atoms with E-state index in [4.69, 9.17) is 4.74 Å². The standard InChI is InChI=1S/C22H23N3O3/c26-21(18-14-23-19-9-5-4-8-17(18)19)22(27)24-20(16-6-2-1-3-7-16)15-25-10-12-28-13-11-25/h1-9,14,20,23H,10-13,15H2,(H,24,27). The number of carbonyl (C=O) groups is 2. The molecule has 0 aliphatic carbocycles. The smallest absolute Gasteiger partial charge is 0.293 e. The van der Waals surface area contributed by atoms with Gasteiger partial charge in [-0.1, -0.05) is 48.5 Å². The molecule has 1 aliphatic heterocycles. The second-order valence-corrected chi connectivity index (χ2v) is 6.93. The number of hydrogen-bond donors (Lipinski definition) is 2. The molecule has 6 heteroatoms. The van der Waals surface area contributed by atoms with Crippen molar-refractivity contribution in [3.05, 3.63) is 71.9 Å². The van der Waals surface area contributed by atoms with Gasteiger partial charge in [0.15, 0.2) is 0 Å². The first-order valence-electron chi connectivity index (χ1n) is 9.49. The molecule has 1 amide bonds. The third kappa shape index (κ3) is 3.98. The number of benzene rings is 2. The molecule has 1 fully saturated rings. The quantitative estimate of drug-likeness (QED) is 0.511. The molecule has 0 radical (unpaired) electrons. The van der Waals surface area contributed by atoms with Gasteiger partial charge in [0.2, 0.25) is 0 Å². The van der Waals surface area contributed by atoms with Crippen LogP contribution in [0.1, 0.15) is 22.0 Å². The molecule has 4 rings (SSSR count). The van der Waals surface area contributed by atoms with Crippen LogP contribution in [0, 0.1) is 0 Å². The number of nitrogens with one attached hydrogen (secondary N) is 2. The van der Waals surface area contributed by atoms with Gasteiger partial charge in [-0.2, -0.15) is 0 Å². The molecule has 1 aliphatic rings. The van der Waals surface area contributed by atoms with E-state index in [2.05, 4.69) is 15.2 Å². The summed E-state index contributed by atoms with van der Waals surface area (Å²) in [7, 11) is 0. The first-order chi connectivity index (χ1) is 13.7. The molecule has 1 aromatic heterocycles. The number of aromatic amines is 1. The molecule has 28 heavy (non-hydrogen) atoms. The average Bonchev–Trinajstić information content (AvgIpc) is 3.18. The summed E-state index contributed by atoms with van der Waals surface area (Å²) in [6.07, 6.45) is 1.60. The summed E-state index contributed by atoms with van der Waals surface area (Å²) in [6.45, 7) is 3.64. The number of rotatable bonds is 6. The Kier molecular flexibility index (Phi) is 5.50. The molecule has 3 aromatic rings. The fourth-order valence-corrected chi connectivity index (χ4v) is 3.57. The van der Waals surface area contributed by atoms with Gasteiger partial charge in [-0.3, -0.25) is 14.5 Å². The number of amides is 1. The molecule has 6 nitrogen and oxygen atoms in total. The Morgan fingerprint density at radius 3 is 2.54 bits per heavy atom. The minimum atomic E-state index is -0.591. The second kappa shape index (κ2) is 8.37. The molecule has 1 atom stereocenters.